The normalized spacial score (nSPS) is 8.29. The highest BCUT2D eigenvalue weighted by Crippen LogP contribution is 1.97. The summed E-state index contributed by atoms with van der Waals surface area (Å²) in [6.07, 6.45) is 1.06. The second kappa shape index (κ2) is 12.9. The Kier molecular flexibility index (Phi) is 13.9. The van der Waals surface area contributed by atoms with Gasteiger partial charge in [0, 0.05) is 0 Å². The lowest BCUT2D eigenvalue weighted by atomic mass is 9.64. The van der Waals surface area contributed by atoms with Crippen molar-refractivity contribution in [3.05, 3.63) is 29.8 Å². The summed E-state index contributed by atoms with van der Waals surface area (Å²) in [6.45, 7) is 8.69. The zero-order valence-corrected chi connectivity index (χ0v) is 11.4. The van der Waals surface area contributed by atoms with E-state index in [0.29, 0.717) is 0 Å². The summed E-state index contributed by atoms with van der Waals surface area (Å²) in [4.78, 5) is 8.00. The van der Waals surface area contributed by atoms with Gasteiger partial charge in [-0.25, -0.2) is 0 Å². The van der Waals surface area contributed by atoms with Crippen molar-refractivity contribution in [2.45, 2.75) is 27.1 Å². The molecule has 3 nitrogen and oxygen atoms in total. The van der Waals surface area contributed by atoms with E-state index < -0.39 is 0 Å². The van der Waals surface area contributed by atoms with E-state index in [1.165, 1.54) is 5.56 Å². The molecule has 17 heavy (non-hydrogen) atoms. The van der Waals surface area contributed by atoms with Crippen LogP contribution in [0.5, 0.6) is 0 Å². The van der Waals surface area contributed by atoms with Gasteiger partial charge in [0.05, 0.1) is 0 Å². The maximum atomic E-state index is 9.19. The van der Waals surface area contributed by atoms with Crippen molar-refractivity contribution < 1.29 is 9.82 Å². The van der Waals surface area contributed by atoms with Gasteiger partial charge in [0.1, 0.15) is 6.79 Å². The smallest absolute Gasteiger partial charge is 0.320 e. The van der Waals surface area contributed by atoms with Crippen molar-refractivity contribution in [1.29, 1.82) is 0 Å². The van der Waals surface area contributed by atoms with Crippen molar-refractivity contribution in [2.24, 2.45) is 0 Å². The molecule has 0 saturated heterocycles. The third-order valence-electron chi connectivity index (χ3n) is 2.22. The number of aryl methyl sites for hydroxylation is 1. The van der Waals surface area contributed by atoms with E-state index in [9.17, 15) is 5.02 Å². The maximum absolute atomic E-state index is 9.19. The second-order valence-corrected chi connectivity index (χ2v) is 3.48. The van der Waals surface area contributed by atoms with Gasteiger partial charge in [-0.15, -0.1) is 0 Å². The van der Waals surface area contributed by atoms with Gasteiger partial charge in [-0.1, -0.05) is 44.9 Å². The van der Waals surface area contributed by atoms with E-state index in [0.717, 1.165) is 18.4 Å². The van der Waals surface area contributed by atoms with Gasteiger partial charge in [0.15, 0.2) is 0 Å². The molecule has 96 valence electrons. The van der Waals surface area contributed by atoms with Crippen LogP contribution < -0.4 is 10.8 Å². The van der Waals surface area contributed by atoms with Crippen molar-refractivity contribution >= 4 is 19.2 Å². The Morgan fingerprint density at radius 2 is 1.65 bits per heavy atom. The summed E-state index contributed by atoms with van der Waals surface area (Å²) in [6, 6.07) is 8.07. The number of carbonyl (C=O) groups excluding carboxylic acids is 1. The number of benzene rings is 1. The predicted octanol–water partition coefficient (Wildman–Crippen LogP) is 1.11. The molecule has 1 aromatic rings. The first-order chi connectivity index (χ1) is 8.15. The summed E-state index contributed by atoms with van der Waals surface area (Å²) >= 11 is 0. The Labute approximate surface area is 105 Å². The molecule has 0 aliphatic rings. The van der Waals surface area contributed by atoms with Gasteiger partial charge in [0.25, 0.3) is 0 Å². The topological polar surface area (TPSA) is 49.3 Å². The molecule has 4 heteroatoms. The van der Waals surface area contributed by atoms with Crippen LogP contribution in [0, 0.1) is 0 Å². The minimum atomic E-state index is -0.346. The lowest BCUT2D eigenvalue weighted by Gasteiger charge is -2.01. The van der Waals surface area contributed by atoms with E-state index in [2.05, 4.69) is 31.3 Å². The third kappa shape index (κ3) is 9.78. The Bertz CT molecular complexity index is 261. The highest BCUT2D eigenvalue weighted by Gasteiger charge is 2.04. The van der Waals surface area contributed by atoms with Crippen LogP contribution >= 0.6 is 0 Å². The van der Waals surface area contributed by atoms with Crippen LogP contribution in [0.4, 0.5) is 0 Å². The number of rotatable bonds is 3. The predicted molar refractivity (Wildman–Crippen MR) is 76.0 cm³/mol. The summed E-state index contributed by atoms with van der Waals surface area (Å²) < 4.78 is 0. The molecule has 0 fully saturated rings. The molecule has 1 rings (SSSR count). The summed E-state index contributed by atoms with van der Waals surface area (Å²) in [5.74, 6) is 0. The Balaban J connectivity index is 0. The monoisotopic (exact) mass is 237 g/mol. The average Bonchev–Trinajstić information content (AvgIpc) is 2.41. The van der Waals surface area contributed by atoms with Gasteiger partial charge in [0.2, 0.25) is 0 Å². The van der Waals surface area contributed by atoms with E-state index >= 15 is 0 Å². The molecule has 0 aromatic heterocycles. The summed E-state index contributed by atoms with van der Waals surface area (Å²) in [5.41, 5.74) is 2.30. The minimum absolute atomic E-state index is 0.346. The zero-order chi connectivity index (χ0) is 13.7. The van der Waals surface area contributed by atoms with Gasteiger partial charge >= 0.3 is 6.92 Å². The molecule has 0 radical (unpaired) electrons. The molecule has 0 atom stereocenters. The average molecular weight is 237 g/mol. The first kappa shape index (κ1) is 18.2. The maximum Gasteiger partial charge on any atom is 0.320 e. The van der Waals surface area contributed by atoms with Crippen LogP contribution in [-0.2, 0) is 11.2 Å². The standard InChI is InChI=1S/C9H13BO.C3H9N.CH2O/c1-3-8-4-6-9(7-5-8)10(2)11;1-3-4-2;1-2/h4-7,11H,3H2,1-2H3;4H,3H2,1-2H3;1H2. The quantitative estimate of drug-likeness (QED) is 0.774. The molecule has 0 bridgehead atoms. The molecule has 0 aliphatic carbocycles. The molecule has 0 unspecified atom stereocenters. The van der Waals surface area contributed by atoms with E-state index in [-0.39, 0.29) is 6.92 Å². The van der Waals surface area contributed by atoms with Crippen molar-refractivity contribution in [1.82, 2.24) is 5.32 Å². The van der Waals surface area contributed by atoms with Gasteiger partial charge < -0.3 is 15.1 Å². The van der Waals surface area contributed by atoms with Crippen molar-refractivity contribution in [2.75, 3.05) is 13.6 Å². The summed E-state index contributed by atoms with van der Waals surface area (Å²) in [7, 11) is 1.93. The Hall–Kier alpha value is -1.13. The molecular weight excluding hydrogens is 213 g/mol. The van der Waals surface area contributed by atoms with Crippen LogP contribution in [-0.4, -0.2) is 32.3 Å². The molecule has 1 aromatic carbocycles. The third-order valence-corrected chi connectivity index (χ3v) is 2.22. The number of hydrogen-bond donors (Lipinski definition) is 2. The fraction of sp³-hybridized carbons (Fsp3) is 0.462. The molecule has 0 heterocycles. The second-order valence-electron chi connectivity index (χ2n) is 3.48. The lowest BCUT2D eigenvalue weighted by molar-refractivity contribution is -0.0979. The van der Waals surface area contributed by atoms with Crippen LogP contribution in [0.15, 0.2) is 24.3 Å². The molecule has 0 spiro atoms. The van der Waals surface area contributed by atoms with E-state index in [4.69, 9.17) is 4.79 Å². The fourth-order valence-corrected chi connectivity index (χ4v) is 1.03. The lowest BCUT2D eigenvalue weighted by Crippen LogP contribution is -2.25. The molecule has 2 N–H and O–H groups in total. The van der Waals surface area contributed by atoms with Crippen molar-refractivity contribution in [3.8, 4) is 0 Å². The SMILES string of the molecule is C=O.CCNC.CCc1ccc(B(C)O)cc1. The molecular formula is C13H24BNO2. The highest BCUT2D eigenvalue weighted by atomic mass is 16.2. The van der Waals surface area contributed by atoms with Crippen LogP contribution in [0.25, 0.3) is 0 Å². The summed E-state index contributed by atoms with van der Waals surface area (Å²) in [5, 5.41) is 12.1. The zero-order valence-electron chi connectivity index (χ0n) is 11.4. The van der Waals surface area contributed by atoms with E-state index in [1.807, 2.05) is 26.0 Å². The molecule has 0 aliphatic heterocycles. The highest BCUT2D eigenvalue weighted by molar-refractivity contribution is 6.64. The fourth-order valence-electron chi connectivity index (χ4n) is 1.03. The first-order valence-corrected chi connectivity index (χ1v) is 5.86. The van der Waals surface area contributed by atoms with Gasteiger partial charge in [-0.2, -0.15) is 0 Å². The van der Waals surface area contributed by atoms with Crippen LogP contribution in [0.3, 0.4) is 0 Å². The van der Waals surface area contributed by atoms with Crippen molar-refractivity contribution in [3.63, 3.8) is 0 Å². The van der Waals surface area contributed by atoms with Crippen LogP contribution in [0.2, 0.25) is 6.82 Å². The Morgan fingerprint density at radius 3 is 1.88 bits per heavy atom. The first-order valence-electron chi connectivity index (χ1n) is 5.86. The number of nitrogens with one attached hydrogen (secondary N) is 1. The van der Waals surface area contributed by atoms with Gasteiger partial charge in [-0.3, -0.25) is 0 Å². The van der Waals surface area contributed by atoms with Crippen LogP contribution in [0.1, 0.15) is 19.4 Å². The van der Waals surface area contributed by atoms with E-state index in [1.54, 1.807) is 6.82 Å². The molecule has 0 amide bonds. The Morgan fingerprint density at radius 1 is 1.24 bits per heavy atom. The largest absolute Gasteiger partial charge is 0.447 e. The van der Waals surface area contributed by atoms with Gasteiger partial charge in [-0.05, 0) is 31.0 Å². The number of carbonyl (C=O) groups is 1. The number of hydrogen-bond acceptors (Lipinski definition) is 3. The molecule has 0 saturated carbocycles. The minimum Gasteiger partial charge on any atom is -0.447 e.